The molecule has 0 aliphatic carbocycles. The predicted octanol–water partition coefficient (Wildman–Crippen LogP) is 2.56. The lowest BCUT2D eigenvalue weighted by Crippen LogP contribution is -2.16. The summed E-state index contributed by atoms with van der Waals surface area (Å²) < 4.78 is 35.4. The molecule has 0 atom stereocenters. The first-order valence-electron chi connectivity index (χ1n) is 6.88. The maximum absolute atomic E-state index is 12.3. The van der Waals surface area contributed by atoms with Crippen molar-refractivity contribution in [2.45, 2.75) is 31.6 Å². The van der Waals surface area contributed by atoms with Crippen LogP contribution in [-0.2, 0) is 9.84 Å². The molecule has 0 saturated heterocycles. The molecule has 0 radical (unpaired) electrons. The van der Waals surface area contributed by atoms with E-state index in [2.05, 4.69) is 6.07 Å². The van der Waals surface area contributed by atoms with E-state index in [1.807, 2.05) is 13.8 Å². The number of fused-ring (bicyclic) bond motifs is 1. The highest BCUT2D eigenvalue weighted by atomic mass is 32.2. The van der Waals surface area contributed by atoms with Crippen LogP contribution in [-0.4, -0.2) is 27.4 Å². The number of nitrogens with zero attached hydrogens (tertiary/aromatic N) is 1. The second-order valence-corrected chi connectivity index (χ2v) is 7.83. The first-order valence-corrected chi connectivity index (χ1v) is 8.53. The van der Waals surface area contributed by atoms with Crippen LogP contribution in [0.15, 0.2) is 23.1 Å². The fraction of sp³-hybridized carbons (Fsp3) is 0.533. The second-order valence-electron chi connectivity index (χ2n) is 5.72. The van der Waals surface area contributed by atoms with Gasteiger partial charge in [0.15, 0.2) is 21.3 Å². The summed E-state index contributed by atoms with van der Waals surface area (Å²) in [5.41, 5.74) is -0.498. The Morgan fingerprint density at radius 2 is 1.90 bits per heavy atom. The normalized spacial score (nSPS) is 14.5. The summed E-state index contributed by atoms with van der Waals surface area (Å²) in [6.07, 6.45) is 1.00. The summed E-state index contributed by atoms with van der Waals surface area (Å²) in [5.74, 6) is 1.07. The summed E-state index contributed by atoms with van der Waals surface area (Å²) in [7, 11) is -3.37. The van der Waals surface area contributed by atoms with Crippen molar-refractivity contribution >= 4 is 9.84 Å². The molecule has 0 unspecified atom stereocenters. The zero-order valence-corrected chi connectivity index (χ0v) is 13.1. The molecule has 1 aromatic rings. The molecule has 0 bridgehead atoms. The first-order chi connectivity index (χ1) is 9.84. The number of sulfone groups is 1. The predicted molar refractivity (Wildman–Crippen MR) is 78.1 cm³/mol. The summed E-state index contributed by atoms with van der Waals surface area (Å²) in [6, 6.07) is 6.86. The van der Waals surface area contributed by atoms with Crippen LogP contribution in [0.2, 0.25) is 0 Å². The molecule has 1 heterocycles. The third-order valence-corrected chi connectivity index (χ3v) is 5.19. The van der Waals surface area contributed by atoms with Crippen LogP contribution in [0.5, 0.6) is 11.5 Å². The average Bonchev–Trinajstić information content (AvgIpc) is 2.46. The van der Waals surface area contributed by atoms with Gasteiger partial charge in [0.1, 0.15) is 13.2 Å². The quantitative estimate of drug-likeness (QED) is 0.835. The highest BCUT2D eigenvalue weighted by molar-refractivity contribution is 7.91. The monoisotopic (exact) mass is 309 g/mol. The van der Waals surface area contributed by atoms with E-state index in [1.54, 1.807) is 6.07 Å². The fourth-order valence-electron chi connectivity index (χ4n) is 2.10. The zero-order chi connectivity index (χ0) is 15.5. The van der Waals surface area contributed by atoms with E-state index in [9.17, 15) is 8.42 Å². The maximum atomic E-state index is 12.3. The first kappa shape index (κ1) is 15.6. The van der Waals surface area contributed by atoms with Crippen LogP contribution >= 0.6 is 0 Å². The van der Waals surface area contributed by atoms with Crippen LogP contribution in [0.1, 0.15) is 26.7 Å². The smallest absolute Gasteiger partial charge is 0.178 e. The lowest BCUT2D eigenvalue weighted by molar-refractivity contribution is 0.171. The molecule has 1 aromatic carbocycles. The van der Waals surface area contributed by atoms with Crippen molar-refractivity contribution in [2.75, 3.05) is 19.0 Å². The van der Waals surface area contributed by atoms with Gasteiger partial charge in [-0.1, -0.05) is 0 Å². The Hall–Kier alpha value is -1.74. The Morgan fingerprint density at radius 1 is 1.24 bits per heavy atom. The minimum Gasteiger partial charge on any atom is -0.486 e. The molecule has 0 saturated carbocycles. The topological polar surface area (TPSA) is 76.4 Å². The molecule has 0 fully saturated rings. The van der Waals surface area contributed by atoms with Crippen molar-refractivity contribution in [3.63, 3.8) is 0 Å². The Morgan fingerprint density at radius 3 is 2.57 bits per heavy atom. The molecule has 0 aromatic heterocycles. The van der Waals surface area contributed by atoms with Gasteiger partial charge in [0.05, 0.1) is 22.1 Å². The van der Waals surface area contributed by atoms with Crippen molar-refractivity contribution in [3.05, 3.63) is 18.2 Å². The van der Waals surface area contributed by atoms with E-state index < -0.39 is 15.3 Å². The summed E-state index contributed by atoms with van der Waals surface area (Å²) in [6.45, 7) is 4.52. The summed E-state index contributed by atoms with van der Waals surface area (Å²) in [4.78, 5) is 0.238. The molecule has 6 heteroatoms. The molecule has 5 nitrogen and oxygen atoms in total. The van der Waals surface area contributed by atoms with Crippen molar-refractivity contribution in [2.24, 2.45) is 5.41 Å². The number of hydrogen-bond donors (Lipinski definition) is 0. The largest absolute Gasteiger partial charge is 0.486 e. The molecule has 0 N–H and O–H groups in total. The van der Waals surface area contributed by atoms with Crippen LogP contribution in [0, 0.1) is 16.7 Å². The van der Waals surface area contributed by atoms with Gasteiger partial charge in [-0.05, 0) is 38.8 Å². The average molecular weight is 309 g/mol. The number of hydrogen-bond acceptors (Lipinski definition) is 5. The minimum atomic E-state index is -3.37. The molecular weight excluding hydrogens is 290 g/mol. The number of nitriles is 1. The standard InChI is InChI=1S/C15H19NO4S/c1-15(2,11-16)6-3-9-21(17,18)12-4-5-13-14(10-12)20-8-7-19-13/h4-5,10H,3,6-9H2,1-2H3. The number of rotatable bonds is 5. The van der Waals surface area contributed by atoms with Crippen LogP contribution in [0.25, 0.3) is 0 Å². The summed E-state index contributed by atoms with van der Waals surface area (Å²) in [5, 5.41) is 8.94. The van der Waals surface area contributed by atoms with Gasteiger partial charge in [0.2, 0.25) is 0 Å². The SMILES string of the molecule is CC(C)(C#N)CCCS(=O)(=O)c1ccc2c(c1)OCCO2. The number of benzene rings is 1. The highest BCUT2D eigenvalue weighted by Gasteiger charge is 2.22. The van der Waals surface area contributed by atoms with Crippen LogP contribution < -0.4 is 9.47 Å². The Bertz CT molecular complexity index is 659. The van der Waals surface area contributed by atoms with Gasteiger partial charge in [0, 0.05) is 6.07 Å². The molecule has 2 rings (SSSR count). The third kappa shape index (κ3) is 3.88. The van der Waals surface area contributed by atoms with Crippen LogP contribution in [0.4, 0.5) is 0 Å². The van der Waals surface area contributed by atoms with Crippen molar-refractivity contribution in [1.82, 2.24) is 0 Å². The van der Waals surface area contributed by atoms with Gasteiger partial charge in [-0.15, -0.1) is 0 Å². The van der Waals surface area contributed by atoms with Gasteiger partial charge < -0.3 is 9.47 Å². The lowest BCUT2D eigenvalue weighted by Gasteiger charge is -2.19. The van der Waals surface area contributed by atoms with Gasteiger partial charge >= 0.3 is 0 Å². The Balaban J connectivity index is 2.08. The van der Waals surface area contributed by atoms with Crippen molar-refractivity contribution < 1.29 is 17.9 Å². The molecule has 114 valence electrons. The van der Waals surface area contributed by atoms with Gasteiger partial charge in [0.25, 0.3) is 0 Å². The fourth-order valence-corrected chi connectivity index (χ4v) is 3.42. The molecule has 1 aliphatic heterocycles. The Labute approximate surface area is 125 Å². The van der Waals surface area contributed by atoms with E-state index in [0.717, 1.165) is 0 Å². The molecular formula is C15H19NO4S. The van der Waals surface area contributed by atoms with Crippen LogP contribution in [0.3, 0.4) is 0 Å². The van der Waals surface area contributed by atoms with Gasteiger partial charge in [-0.2, -0.15) is 5.26 Å². The highest BCUT2D eigenvalue weighted by Crippen LogP contribution is 2.33. The summed E-state index contributed by atoms with van der Waals surface area (Å²) >= 11 is 0. The number of ether oxygens (including phenoxy) is 2. The van der Waals surface area contributed by atoms with Gasteiger partial charge in [-0.3, -0.25) is 0 Å². The van der Waals surface area contributed by atoms with Crippen molar-refractivity contribution in [1.29, 1.82) is 5.26 Å². The zero-order valence-electron chi connectivity index (χ0n) is 12.3. The van der Waals surface area contributed by atoms with E-state index in [4.69, 9.17) is 14.7 Å². The van der Waals surface area contributed by atoms with Crippen molar-refractivity contribution in [3.8, 4) is 17.6 Å². The molecule has 0 spiro atoms. The van der Waals surface area contributed by atoms with Gasteiger partial charge in [-0.25, -0.2) is 8.42 Å². The van der Waals surface area contributed by atoms with E-state index >= 15 is 0 Å². The van der Waals surface area contributed by atoms with E-state index in [1.165, 1.54) is 12.1 Å². The maximum Gasteiger partial charge on any atom is 0.178 e. The third-order valence-electron chi connectivity index (χ3n) is 3.39. The molecule has 21 heavy (non-hydrogen) atoms. The lowest BCUT2D eigenvalue weighted by atomic mass is 9.90. The Kier molecular flexibility index (Phi) is 4.43. The minimum absolute atomic E-state index is 0.0255. The molecule has 1 aliphatic rings. The second kappa shape index (κ2) is 5.94. The van der Waals surface area contributed by atoms with E-state index in [0.29, 0.717) is 37.6 Å². The van der Waals surface area contributed by atoms with E-state index in [-0.39, 0.29) is 10.6 Å². The molecule has 0 amide bonds.